The highest BCUT2D eigenvalue weighted by Crippen LogP contribution is 2.18. The van der Waals surface area contributed by atoms with Crippen LogP contribution in [0.4, 0.5) is 5.82 Å². The summed E-state index contributed by atoms with van der Waals surface area (Å²) in [4.78, 5) is 20.6. The van der Waals surface area contributed by atoms with Crippen LogP contribution in [0.5, 0.6) is 5.75 Å². The predicted molar refractivity (Wildman–Crippen MR) is 110 cm³/mol. The summed E-state index contributed by atoms with van der Waals surface area (Å²) < 4.78 is 5.32. The maximum Gasteiger partial charge on any atom is 0.271 e. The molecule has 1 heterocycles. The molecular weight excluding hydrogens is 376 g/mol. The molecule has 3 aromatic rings. The number of nitrogens with one attached hydrogen (secondary N) is 2. The molecule has 0 aliphatic heterocycles. The van der Waals surface area contributed by atoms with Crippen LogP contribution in [0.25, 0.3) is 0 Å². The van der Waals surface area contributed by atoms with Gasteiger partial charge in [-0.1, -0.05) is 41.9 Å². The first-order chi connectivity index (χ1) is 13.7. The fraction of sp³-hybridized carbons (Fsp3) is 0.190. The summed E-state index contributed by atoms with van der Waals surface area (Å²) in [7, 11) is 1.64. The number of anilines is 1. The molecule has 1 amide bonds. The number of ether oxygens (including phenoxy) is 1. The second-order valence-electron chi connectivity index (χ2n) is 6.09. The second kappa shape index (κ2) is 9.71. The van der Waals surface area contributed by atoms with Gasteiger partial charge < -0.3 is 15.4 Å². The van der Waals surface area contributed by atoms with Crippen molar-refractivity contribution in [2.24, 2.45) is 0 Å². The van der Waals surface area contributed by atoms with Gasteiger partial charge in [-0.2, -0.15) is 0 Å². The van der Waals surface area contributed by atoms with Gasteiger partial charge in [-0.3, -0.25) is 4.79 Å². The van der Waals surface area contributed by atoms with Crippen molar-refractivity contribution in [1.29, 1.82) is 0 Å². The number of aromatic nitrogens is 2. The van der Waals surface area contributed by atoms with Gasteiger partial charge in [0.25, 0.3) is 5.91 Å². The number of benzene rings is 2. The van der Waals surface area contributed by atoms with E-state index in [0.717, 1.165) is 16.9 Å². The third-order valence-corrected chi connectivity index (χ3v) is 4.36. The molecule has 2 N–H and O–H groups in total. The second-order valence-corrected chi connectivity index (χ2v) is 6.52. The van der Waals surface area contributed by atoms with E-state index in [9.17, 15) is 4.79 Å². The highest BCUT2D eigenvalue weighted by Gasteiger charge is 2.08. The number of para-hydroxylation sites is 1. The van der Waals surface area contributed by atoms with Gasteiger partial charge in [-0.15, -0.1) is 0 Å². The minimum Gasteiger partial charge on any atom is -0.496 e. The molecule has 7 heteroatoms. The van der Waals surface area contributed by atoms with Crippen molar-refractivity contribution in [3.63, 3.8) is 0 Å². The van der Waals surface area contributed by atoms with Gasteiger partial charge in [0.15, 0.2) is 0 Å². The van der Waals surface area contributed by atoms with Crippen LogP contribution in [0, 0.1) is 0 Å². The molecule has 6 nitrogen and oxygen atoms in total. The zero-order valence-electron chi connectivity index (χ0n) is 15.5. The number of rotatable bonds is 8. The Balaban J connectivity index is 1.50. The van der Waals surface area contributed by atoms with Gasteiger partial charge >= 0.3 is 0 Å². The topological polar surface area (TPSA) is 76.1 Å². The number of carbonyl (C=O) groups excluding carboxylic acids is 1. The summed E-state index contributed by atoms with van der Waals surface area (Å²) in [5, 5.41) is 6.70. The van der Waals surface area contributed by atoms with Gasteiger partial charge in [0, 0.05) is 23.7 Å². The Kier molecular flexibility index (Phi) is 6.81. The normalized spacial score (nSPS) is 10.4. The van der Waals surface area contributed by atoms with Gasteiger partial charge in [0.2, 0.25) is 0 Å². The molecule has 0 spiro atoms. The maximum atomic E-state index is 12.2. The third-order valence-electron chi connectivity index (χ3n) is 4.13. The molecule has 2 aromatic carbocycles. The Hall–Kier alpha value is -3.12. The van der Waals surface area contributed by atoms with Gasteiger partial charge in [0.05, 0.1) is 19.5 Å². The fourth-order valence-corrected chi connectivity index (χ4v) is 2.89. The Labute approximate surface area is 168 Å². The van der Waals surface area contributed by atoms with Crippen LogP contribution in [0.15, 0.2) is 60.9 Å². The minimum absolute atomic E-state index is 0.259. The van der Waals surface area contributed by atoms with E-state index in [1.807, 2.05) is 48.5 Å². The molecule has 0 atom stereocenters. The Morgan fingerprint density at radius 2 is 1.96 bits per heavy atom. The summed E-state index contributed by atoms with van der Waals surface area (Å²) in [6.07, 6.45) is 3.69. The third kappa shape index (κ3) is 5.44. The SMILES string of the molecule is COc1ccccc1CNc1cnc(C(=O)NCCc2cccc(Cl)c2)cn1. The molecule has 0 aliphatic rings. The lowest BCUT2D eigenvalue weighted by molar-refractivity contribution is 0.0949. The van der Waals surface area contributed by atoms with Crippen LogP contribution in [0.3, 0.4) is 0 Å². The molecule has 0 aliphatic carbocycles. The first-order valence-corrected chi connectivity index (χ1v) is 9.24. The summed E-state index contributed by atoms with van der Waals surface area (Å²) in [5.74, 6) is 1.13. The number of amides is 1. The van der Waals surface area contributed by atoms with E-state index >= 15 is 0 Å². The van der Waals surface area contributed by atoms with E-state index < -0.39 is 0 Å². The van der Waals surface area contributed by atoms with Crippen LogP contribution >= 0.6 is 11.6 Å². The van der Waals surface area contributed by atoms with Crippen molar-refractivity contribution >= 4 is 23.3 Å². The standard InChI is InChI=1S/C21H21ClN4O2/c1-28-19-8-3-2-6-16(19)12-25-20-14-24-18(13-26-20)21(27)23-10-9-15-5-4-7-17(22)11-15/h2-8,11,13-14H,9-10,12H2,1H3,(H,23,27)(H,25,26). The first-order valence-electron chi connectivity index (χ1n) is 8.86. The Bertz CT molecular complexity index is 932. The number of hydrogen-bond donors (Lipinski definition) is 2. The number of methoxy groups -OCH3 is 1. The summed E-state index contributed by atoms with van der Waals surface area (Å²) in [6.45, 7) is 1.04. The van der Waals surface area contributed by atoms with Crippen molar-refractivity contribution < 1.29 is 9.53 Å². The highest BCUT2D eigenvalue weighted by molar-refractivity contribution is 6.30. The molecule has 144 valence electrons. The molecule has 0 saturated carbocycles. The zero-order chi connectivity index (χ0) is 19.8. The van der Waals surface area contributed by atoms with Crippen LogP contribution in [0.2, 0.25) is 5.02 Å². The molecule has 1 aromatic heterocycles. The van der Waals surface area contributed by atoms with E-state index in [0.29, 0.717) is 30.4 Å². The summed E-state index contributed by atoms with van der Waals surface area (Å²) >= 11 is 5.96. The van der Waals surface area contributed by atoms with Crippen molar-refractivity contribution in [3.8, 4) is 5.75 Å². The lowest BCUT2D eigenvalue weighted by Crippen LogP contribution is -2.26. The lowest BCUT2D eigenvalue weighted by Gasteiger charge is -2.10. The van der Waals surface area contributed by atoms with Crippen LogP contribution in [-0.4, -0.2) is 29.5 Å². The molecule has 3 rings (SSSR count). The van der Waals surface area contributed by atoms with Crippen LogP contribution in [0.1, 0.15) is 21.6 Å². The summed E-state index contributed by atoms with van der Waals surface area (Å²) in [6, 6.07) is 15.3. The van der Waals surface area contributed by atoms with Crippen molar-refractivity contribution in [2.75, 3.05) is 19.0 Å². The molecular formula is C21H21ClN4O2. The monoisotopic (exact) mass is 396 g/mol. The van der Waals surface area contributed by atoms with E-state index in [4.69, 9.17) is 16.3 Å². The maximum absolute atomic E-state index is 12.2. The molecule has 0 bridgehead atoms. The van der Waals surface area contributed by atoms with E-state index in [-0.39, 0.29) is 11.6 Å². The average Bonchev–Trinajstić information content (AvgIpc) is 2.73. The summed E-state index contributed by atoms with van der Waals surface area (Å²) in [5.41, 5.74) is 2.35. The van der Waals surface area contributed by atoms with Crippen LogP contribution in [-0.2, 0) is 13.0 Å². The van der Waals surface area contributed by atoms with Gasteiger partial charge in [0.1, 0.15) is 17.3 Å². The Morgan fingerprint density at radius 1 is 1.11 bits per heavy atom. The van der Waals surface area contributed by atoms with Crippen molar-refractivity contribution in [2.45, 2.75) is 13.0 Å². The zero-order valence-corrected chi connectivity index (χ0v) is 16.2. The molecule has 0 saturated heterocycles. The minimum atomic E-state index is -0.259. The molecule has 28 heavy (non-hydrogen) atoms. The van der Waals surface area contributed by atoms with Gasteiger partial charge in [-0.25, -0.2) is 9.97 Å². The average molecular weight is 397 g/mol. The van der Waals surface area contributed by atoms with Gasteiger partial charge in [-0.05, 0) is 30.2 Å². The highest BCUT2D eigenvalue weighted by atomic mass is 35.5. The van der Waals surface area contributed by atoms with Crippen LogP contribution < -0.4 is 15.4 Å². The molecule has 0 radical (unpaired) electrons. The molecule has 0 unspecified atom stereocenters. The van der Waals surface area contributed by atoms with E-state index in [1.54, 1.807) is 13.3 Å². The quantitative estimate of drug-likeness (QED) is 0.606. The number of hydrogen-bond acceptors (Lipinski definition) is 5. The Morgan fingerprint density at radius 3 is 2.71 bits per heavy atom. The number of carbonyl (C=O) groups is 1. The molecule has 0 fully saturated rings. The van der Waals surface area contributed by atoms with Crippen molar-refractivity contribution in [1.82, 2.24) is 15.3 Å². The van der Waals surface area contributed by atoms with E-state index in [2.05, 4.69) is 20.6 Å². The fourth-order valence-electron chi connectivity index (χ4n) is 2.67. The largest absolute Gasteiger partial charge is 0.496 e. The predicted octanol–water partition coefficient (Wildman–Crippen LogP) is 3.72. The van der Waals surface area contributed by atoms with E-state index in [1.165, 1.54) is 6.20 Å². The van der Waals surface area contributed by atoms with Crippen molar-refractivity contribution in [3.05, 3.63) is 82.8 Å². The number of halogens is 1. The lowest BCUT2D eigenvalue weighted by atomic mass is 10.1. The first kappa shape index (κ1) is 19.6. The smallest absolute Gasteiger partial charge is 0.271 e. The number of nitrogens with zero attached hydrogens (tertiary/aromatic N) is 2.